The Morgan fingerprint density at radius 2 is 2.23 bits per heavy atom. The van der Waals surface area contributed by atoms with Gasteiger partial charge in [0.2, 0.25) is 0 Å². The lowest BCUT2D eigenvalue weighted by Gasteiger charge is -1.88. The maximum Gasteiger partial charge on any atom is 0.0696 e. The lowest BCUT2D eigenvalue weighted by atomic mass is 10.2. The third-order valence-corrected chi connectivity index (χ3v) is 3.38. The number of benzene rings is 1. The summed E-state index contributed by atoms with van der Waals surface area (Å²) in [6.07, 6.45) is 0.511. The molecule has 0 saturated carbocycles. The molecule has 1 aromatic heterocycles. The topological polar surface area (TPSA) is 23.8 Å². The van der Waals surface area contributed by atoms with E-state index in [1.54, 1.807) is 11.3 Å². The van der Waals surface area contributed by atoms with Crippen LogP contribution in [0.25, 0.3) is 10.1 Å². The second-order valence-electron chi connectivity index (χ2n) is 2.73. The van der Waals surface area contributed by atoms with Gasteiger partial charge >= 0.3 is 0 Å². The molecule has 0 atom stereocenters. The molecular weight excluding hydrogens is 246 g/mol. The minimum absolute atomic E-state index is 0.511. The molecule has 0 saturated heterocycles. The highest BCUT2D eigenvalue weighted by molar-refractivity contribution is 9.10. The molecule has 0 spiro atoms. The number of halogens is 1. The first kappa shape index (κ1) is 8.74. The fourth-order valence-electron chi connectivity index (χ4n) is 1.23. The molecule has 0 amide bonds. The van der Waals surface area contributed by atoms with Gasteiger partial charge in [0, 0.05) is 14.0 Å². The lowest BCUT2D eigenvalue weighted by molar-refractivity contribution is 1.32. The average molecular weight is 252 g/mol. The van der Waals surface area contributed by atoms with Gasteiger partial charge in [0.25, 0.3) is 0 Å². The van der Waals surface area contributed by atoms with Crippen LogP contribution in [0.5, 0.6) is 0 Å². The van der Waals surface area contributed by atoms with Crippen LogP contribution in [0.2, 0.25) is 0 Å². The average Bonchev–Trinajstić information content (AvgIpc) is 2.46. The molecule has 0 radical (unpaired) electrons. The van der Waals surface area contributed by atoms with Gasteiger partial charge in [-0.1, -0.05) is 22.0 Å². The molecule has 1 heterocycles. The predicted molar refractivity (Wildman–Crippen MR) is 58.8 cm³/mol. The van der Waals surface area contributed by atoms with Crippen LogP contribution in [0, 0.1) is 11.3 Å². The zero-order chi connectivity index (χ0) is 9.26. The van der Waals surface area contributed by atoms with Gasteiger partial charge in [0.15, 0.2) is 0 Å². The van der Waals surface area contributed by atoms with E-state index in [9.17, 15) is 0 Å². The van der Waals surface area contributed by atoms with Crippen LogP contribution >= 0.6 is 27.3 Å². The van der Waals surface area contributed by atoms with E-state index in [0.29, 0.717) is 6.42 Å². The minimum Gasteiger partial charge on any atom is -0.198 e. The van der Waals surface area contributed by atoms with E-state index in [-0.39, 0.29) is 0 Å². The highest BCUT2D eigenvalue weighted by Gasteiger charge is 2.01. The van der Waals surface area contributed by atoms with Crippen molar-refractivity contribution in [1.82, 2.24) is 0 Å². The summed E-state index contributed by atoms with van der Waals surface area (Å²) in [6, 6.07) is 10.4. The van der Waals surface area contributed by atoms with Crippen molar-refractivity contribution in [2.45, 2.75) is 6.42 Å². The molecule has 64 valence electrons. The maximum absolute atomic E-state index is 8.55. The number of hydrogen-bond acceptors (Lipinski definition) is 2. The summed E-state index contributed by atoms with van der Waals surface area (Å²) in [6.45, 7) is 0. The van der Waals surface area contributed by atoms with Crippen molar-refractivity contribution in [3.63, 3.8) is 0 Å². The van der Waals surface area contributed by atoms with Crippen molar-refractivity contribution in [1.29, 1.82) is 5.26 Å². The van der Waals surface area contributed by atoms with Gasteiger partial charge in [0.1, 0.15) is 0 Å². The van der Waals surface area contributed by atoms with Crippen LogP contribution in [0.4, 0.5) is 0 Å². The van der Waals surface area contributed by atoms with E-state index in [0.717, 1.165) is 9.35 Å². The Labute approximate surface area is 88.7 Å². The summed E-state index contributed by atoms with van der Waals surface area (Å²) < 4.78 is 2.32. The zero-order valence-electron chi connectivity index (χ0n) is 6.75. The van der Waals surface area contributed by atoms with E-state index >= 15 is 0 Å². The van der Waals surface area contributed by atoms with Gasteiger partial charge in [0.05, 0.1) is 12.5 Å². The molecule has 0 aliphatic rings. The van der Waals surface area contributed by atoms with Gasteiger partial charge in [-0.3, -0.25) is 0 Å². The highest BCUT2D eigenvalue weighted by atomic mass is 79.9. The van der Waals surface area contributed by atoms with Crippen molar-refractivity contribution in [2.24, 2.45) is 0 Å². The number of nitriles is 1. The smallest absolute Gasteiger partial charge is 0.0696 e. The highest BCUT2D eigenvalue weighted by Crippen LogP contribution is 2.28. The molecule has 3 heteroatoms. The molecule has 2 aromatic rings. The van der Waals surface area contributed by atoms with Gasteiger partial charge < -0.3 is 0 Å². The molecule has 0 aliphatic carbocycles. The summed E-state index contributed by atoms with van der Waals surface area (Å²) in [5.74, 6) is 0. The Hall–Kier alpha value is -0.850. The molecule has 0 aliphatic heterocycles. The van der Waals surface area contributed by atoms with Gasteiger partial charge in [-0.25, -0.2) is 0 Å². The molecule has 1 aromatic carbocycles. The van der Waals surface area contributed by atoms with Crippen molar-refractivity contribution in [3.8, 4) is 6.07 Å². The Bertz CT molecular complexity index is 481. The number of rotatable bonds is 1. The summed E-state index contributed by atoms with van der Waals surface area (Å²) in [5, 5.41) is 9.77. The van der Waals surface area contributed by atoms with Crippen molar-refractivity contribution >= 4 is 37.4 Å². The molecule has 13 heavy (non-hydrogen) atoms. The quantitative estimate of drug-likeness (QED) is 0.758. The summed E-state index contributed by atoms with van der Waals surface area (Å²) in [5.41, 5.74) is 0. The second kappa shape index (κ2) is 3.49. The summed E-state index contributed by atoms with van der Waals surface area (Å²) in [4.78, 5) is 1.13. The molecule has 0 fully saturated rings. The summed E-state index contributed by atoms with van der Waals surface area (Å²) in [7, 11) is 0. The van der Waals surface area contributed by atoms with Crippen molar-refractivity contribution in [3.05, 3.63) is 33.6 Å². The fraction of sp³-hybridized carbons (Fsp3) is 0.100. The van der Waals surface area contributed by atoms with E-state index < -0.39 is 0 Å². The molecule has 0 unspecified atom stereocenters. The number of hydrogen-bond donors (Lipinski definition) is 0. The van der Waals surface area contributed by atoms with Gasteiger partial charge in [-0.05, 0) is 23.6 Å². The standard InChI is InChI=1S/C10H6BrNS/c11-8-2-1-7-5-9(3-4-12)13-10(7)6-8/h1-2,5-6H,3H2. The van der Waals surface area contributed by atoms with Gasteiger partial charge in [-0.2, -0.15) is 5.26 Å². The van der Waals surface area contributed by atoms with Crippen molar-refractivity contribution < 1.29 is 0 Å². The normalized spacial score (nSPS) is 10.2. The van der Waals surface area contributed by atoms with Crippen LogP contribution in [0.15, 0.2) is 28.7 Å². The first-order chi connectivity index (χ1) is 6.29. The molecule has 0 N–H and O–H groups in total. The third-order valence-electron chi connectivity index (χ3n) is 1.79. The Morgan fingerprint density at radius 3 is 3.00 bits per heavy atom. The van der Waals surface area contributed by atoms with Gasteiger partial charge in [-0.15, -0.1) is 11.3 Å². The van der Waals surface area contributed by atoms with Crippen LogP contribution in [-0.4, -0.2) is 0 Å². The number of nitrogens with zero attached hydrogens (tertiary/aromatic N) is 1. The van der Waals surface area contributed by atoms with Crippen LogP contribution in [0.1, 0.15) is 4.88 Å². The molecule has 0 bridgehead atoms. The van der Waals surface area contributed by atoms with E-state index in [4.69, 9.17) is 5.26 Å². The lowest BCUT2D eigenvalue weighted by Crippen LogP contribution is -1.68. The Kier molecular flexibility index (Phi) is 2.34. The number of thiophene rings is 1. The van der Waals surface area contributed by atoms with Crippen LogP contribution < -0.4 is 0 Å². The minimum atomic E-state index is 0.511. The first-order valence-electron chi connectivity index (χ1n) is 3.84. The summed E-state index contributed by atoms with van der Waals surface area (Å²) >= 11 is 5.11. The van der Waals surface area contributed by atoms with Crippen LogP contribution in [-0.2, 0) is 6.42 Å². The van der Waals surface area contributed by atoms with E-state index in [1.807, 2.05) is 6.07 Å². The molecular formula is C10H6BrNS. The maximum atomic E-state index is 8.55. The molecule has 2 rings (SSSR count). The SMILES string of the molecule is N#CCc1cc2ccc(Br)cc2s1. The molecule has 1 nitrogen and oxygen atoms in total. The van der Waals surface area contributed by atoms with Crippen molar-refractivity contribution in [2.75, 3.05) is 0 Å². The third kappa shape index (κ3) is 1.74. The first-order valence-corrected chi connectivity index (χ1v) is 5.45. The Balaban J connectivity index is 2.57. The zero-order valence-corrected chi connectivity index (χ0v) is 9.15. The Morgan fingerprint density at radius 1 is 1.38 bits per heavy atom. The van der Waals surface area contributed by atoms with E-state index in [1.165, 1.54) is 10.1 Å². The monoisotopic (exact) mass is 251 g/mol. The predicted octanol–water partition coefficient (Wildman–Crippen LogP) is 3.73. The fourth-order valence-corrected chi connectivity index (χ4v) is 2.77. The number of fused-ring (bicyclic) bond motifs is 1. The second-order valence-corrected chi connectivity index (χ2v) is 4.81. The largest absolute Gasteiger partial charge is 0.198 e. The van der Waals surface area contributed by atoms with E-state index in [2.05, 4.69) is 40.2 Å². The van der Waals surface area contributed by atoms with Crippen LogP contribution in [0.3, 0.4) is 0 Å².